The highest BCUT2D eigenvalue weighted by atomic mass is 35.5. The van der Waals surface area contributed by atoms with Crippen LogP contribution in [0.15, 0.2) is 29.2 Å². The van der Waals surface area contributed by atoms with Crippen molar-refractivity contribution in [3.8, 4) is 0 Å². The van der Waals surface area contributed by atoms with Crippen LogP contribution in [0.3, 0.4) is 0 Å². The smallest absolute Gasteiger partial charge is 0.390 e. The number of hydrogen-bond donors (Lipinski definition) is 4. The molecule has 0 saturated heterocycles. The van der Waals surface area contributed by atoms with Crippen LogP contribution in [-0.4, -0.2) is 48.3 Å². The summed E-state index contributed by atoms with van der Waals surface area (Å²) < 4.78 is 60.4. The molecule has 25 heavy (non-hydrogen) atoms. The first-order chi connectivity index (χ1) is 10.9. The molecule has 12 heteroatoms. The van der Waals surface area contributed by atoms with Gasteiger partial charge in [-0.05, 0) is 24.6 Å². The van der Waals surface area contributed by atoms with E-state index in [-0.39, 0.29) is 24.5 Å². The van der Waals surface area contributed by atoms with E-state index in [1.54, 1.807) is 0 Å². The van der Waals surface area contributed by atoms with Crippen molar-refractivity contribution in [3.63, 3.8) is 0 Å². The van der Waals surface area contributed by atoms with Gasteiger partial charge in [0.1, 0.15) is 0 Å². The van der Waals surface area contributed by atoms with Crippen molar-refractivity contribution in [3.05, 3.63) is 24.3 Å². The molecule has 5 N–H and O–H groups in total. The largest absolute Gasteiger partial charge is 0.501 e. The number of carbonyl (C=O) groups excluding carboxylic acids is 1. The van der Waals surface area contributed by atoms with Gasteiger partial charge in [0.05, 0.1) is 23.0 Å². The van der Waals surface area contributed by atoms with Gasteiger partial charge in [-0.3, -0.25) is 4.79 Å². The number of carbonyl (C=O) groups is 1. The Balaban J connectivity index is 0.00000312. The number of hydrogen-bond acceptors (Lipinski definition) is 6. The summed E-state index contributed by atoms with van der Waals surface area (Å²) in [5, 5.41) is 21.3. The van der Waals surface area contributed by atoms with Crippen LogP contribution in [0.1, 0.15) is 6.42 Å². The molecule has 0 spiro atoms. The van der Waals surface area contributed by atoms with Crippen LogP contribution in [0.5, 0.6) is 0 Å². The second-order valence-corrected chi connectivity index (χ2v) is 7.38. The third kappa shape index (κ3) is 4.23. The molecule has 0 heterocycles. The summed E-state index contributed by atoms with van der Waals surface area (Å²) in [4.78, 5) is 11.1. The quantitative estimate of drug-likeness (QED) is 0.577. The summed E-state index contributed by atoms with van der Waals surface area (Å²) in [6, 6.07) is 2.65. The van der Waals surface area contributed by atoms with E-state index in [9.17, 15) is 36.6 Å². The monoisotopic (exact) mass is 404 g/mol. The predicted molar refractivity (Wildman–Crippen MR) is 83.7 cm³/mol. The van der Waals surface area contributed by atoms with E-state index < -0.39 is 50.3 Å². The summed E-state index contributed by atoms with van der Waals surface area (Å²) in [5.74, 6) is -1.70. The molecule has 1 amide bonds. The molecule has 0 aliphatic heterocycles. The molecule has 1 aromatic carbocycles. The molecule has 1 aliphatic carbocycles. The second kappa shape index (κ2) is 7.46. The number of amides is 1. The Morgan fingerprint density at radius 2 is 1.88 bits per heavy atom. The average molecular weight is 405 g/mol. The number of aliphatic hydroxyl groups excluding tert-OH is 2. The lowest BCUT2D eigenvalue weighted by atomic mass is 10.0. The minimum absolute atomic E-state index is 0. The highest BCUT2D eigenvalue weighted by molar-refractivity contribution is 7.92. The molecular formula is C13H16ClF3N2O5S. The van der Waals surface area contributed by atoms with E-state index >= 15 is 0 Å². The number of aliphatic hydroxyl groups is 2. The van der Waals surface area contributed by atoms with Crippen LogP contribution >= 0.6 is 12.4 Å². The van der Waals surface area contributed by atoms with E-state index in [1.807, 2.05) is 0 Å². The molecule has 0 aromatic heterocycles. The van der Waals surface area contributed by atoms with Crippen LogP contribution in [0.25, 0.3) is 0 Å². The van der Waals surface area contributed by atoms with Crippen molar-refractivity contribution in [2.75, 3.05) is 5.32 Å². The predicted octanol–water partition coefficient (Wildman–Crippen LogP) is 0.409. The number of anilines is 1. The van der Waals surface area contributed by atoms with Gasteiger partial charge in [0, 0.05) is 11.7 Å². The van der Waals surface area contributed by atoms with Gasteiger partial charge >= 0.3 is 5.51 Å². The van der Waals surface area contributed by atoms with Crippen molar-refractivity contribution in [2.24, 2.45) is 11.7 Å². The Bertz CT molecular complexity index is 743. The van der Waals surface area contributed by atoms with Gasteiger partial charge in [-0.25, -0.2) is 8.42 Å². The van der Waals surface area contributed by atoms with Crippen molar-refractivity contribution >= 4 is 33.8 Å². The lowest BCUT2D eigenvalue weighted by Gasteiger charge is -2.17. The van der Waals surface area contributed by atoms with Crippen molar-refractivity contribution < 1.29 is 36.6 Å². The molecule has 1 aliphatic rings. The molecule has 1 aromatic rings. The fourth-order valence-electron chi connectivity index (χ4n) is 2.44. The van der Waals surface area contributed by atoms with E-state index in [1.165, 1.54) is 6.07 Å². The minimum atomic E-state index is -5.54. The number of benzene rings is 1. The lowest BCUT2D eigenvalue weighted by molar-refractivity contribution is -0.120. The van der Waals surface area contributed by atoms with Crippen LogP contribution in [0.4, 0.5) is 18.9 Å². The number of rotatable bonds is 3. The fraction of sp³-hybridized carbons (Fsp3) is 0.462. The first kappa shape index (κ1) is 21.6. The topological polar surface area (TPSA) is 130 Å². The maximum absolute atomic E-state index is 12.5. The SMILES string of the molecule is Cl.N[C@H]1[C@H](O)[C@H](O)C[C@H]1C(=O)Nc1cccc(S(=O)(=O)C(F)(F)F)c1. The number of halogens is 4. The van der Waals surface area contributed by atoms with Gasteiger partial charge in [-0.1, -0.05) is 6.07 Å². The fourth-order valence-corrected chi connectivity index (χ4v) is 3.25. The maximum Gasteiger partial charge on any atom is 0.501 e. The Morgan fingerprint density at radius 3 is 2.36 bits per heavy atom. The average Bonchev–Trinajstić information content (AvgIpc) is 2.74. The minimum Gasteiger partial charge on any atom is -0.390 e. The van der Waals surface area contributed by atoms with Crippen LogP contribution in [0, 0.1) is 5.92 Å². The van der Waals surface area contributed by atoms with Crippen molar-refractivity contribution in [1.29, 1.82) is 0 Å². The van der Waals surface area contributed by atoms with E-state index in [0.29, 0.717) is 6.07 Å². The Hall–Kier alpha value is -1.40. The first-order valence-electron chi connectivity index (χ1n) is 6.79. The maximum atomic E-state index is 12.5. The summed E-state index contributed by atoms with van der Waals surface area (Å²) in [5.41, 5.74) is -0.0252. The molecule has 1 fully saturated rings. The third-order valence-electron chi connectivity index (χ3n) is 3.80. The zero-order valence-electron chi connectivity index (χ0n) is 12.5. The van der Waals surface area contributed by atoms with Crippen molar-refractivity contribution in [2.45, 2.75) is 35.1 Å². The number of sulfone groups is 1. The molecule has 1 saturated carbocycles. The highest BCUT2D eigenvalue weighted by Crippen LogP contribution is 2.32. The van der Waals surface area contributed by atoms with Gasteiger partial charge in [0.25, 0.3) is 9.84 Å². The Morgan fingerprint density at radius 1 is 1.28 bits per heavy atom. The molecular weight excluding hydrogens is 389 g/mol. The van der Waals surface area contributed by atoms with Gasteiger partial charge in [-0.15, -0.1) is 12.4 Å². The summed E-state index contributed by atoms with van der Waals surface area (Å²) in [6.45, 7) is 0. The lowest BCUT2D eigenvalue weighted by Crippen LogP contribution is -2.42. The third-order valence-corrected chi connectivity index (χ3v) is 5.29. The normalized spacial score (nSPS) is 26.8. The summed E-state index contributed by atoms with van der Waals surface area (Å²) in [6.07, 6.45) is -2.60. The van der Waals surface area contributed by atoms with Crippen molar-refractivity contribution in [1.82, 2.24) is 0 Å². The molecule has 0 bridgehead atoms. The van der Waals surface area contributed by atoms with E-state index in [0.717, 1.165) is 12.1 Å². The van der Waals surface area contributed by atoms with E-state index in [2.05, 4.69) is 5.32 Å². The van der Waals surface area contributed by atoms with Gasteiger partial charge in [0.2, 0.25) is 5.91 Å². The standard InChI is InChI=1S/C13H15F3N2O5S.ClH/c14-13(15,16)24(22,23)7-3-1-2-6(4-7)18-12(21)8-5-9(19)11(20)10(8)17;/h1-4,8-11,19-20H,5,17H2,(H,18,21);1H/t8-,9-,10-,11-;/m1./s1. The number of alkyl halides is 3. The van der Waals surface area contributed by atoms with E-state index in [4.69, 9.17) is 5.73 Å². The van der Waals surface area contributed by atoms with Gasteiger partial charge in [-0.2, -0.15) is 13.2 Å². The highest BCUT2D eigenvalue weighted by Gasteiger charge is 2.47. The number of nitrogens with two attached hydrogens (primary N) is 1. The molecule has 0 unspecified atom stereocenters. The van der Waals surface area contributed by atoms with Gasteiger partial charge in [0.15, 0.2) is 0 Å². The summed E-state index contributed by atoms with van der Waals surface area (Å²) >= 11 is 0. The molecule has 4 atom stereocenters. The second-order valence-electron chi connectivity index (χ2n) is 5.44. The first-order valence-corrected chi connectivity index (χ1v) is 8.27. The van der Waals surface area contributed by atoms with Crippen LogP contribution in [-0.2, 0) is 14.6 Å². The molecule has 2 rings (SSSR count). The zero-order chi connectivity index (χ0) is 18.3. The molecule has 7 nitrogen and oxygen atoms in total. The number of nitrogens with one attached hydrogen (secondary N) is 1. The van der Waals surface area contributed by atoms with Gasteiger partial charge < -0.3 is 21.3 Å². The molecule has 142 valence electrons. The Kier molecular flexibility index (Phi) is 6.46. The van der Waals surface area contributed by atoms with Crippen LogP contribution < -0.4 is 11.1 Å². The summed E-state index contributed by atoms with van der Waals surface area (Å²) in [7, 11) is -5.54. The molecule has 0 radical (unpaired) electrons. The van der Waals surface area contributed by atoms with Crippen LogP contribution in [0.2, 0.25) is 0 Å². The Labute approximate surface area is 147 Å². The zero-order valence-corrected chi connectivity index (χ0v) is 14.1.